The molecular weight excluding hydrogens is 156 g/mol. The summed E-state index contributed by atoms with van der Waals surface area (Å²) in [5, 5.41) is 8.70. The zero-order valence-electron chi connectivity index (χ0n) is 6.70. The number of aromatic carboxylic acids is 1. The van der Waals surface area contributed by atoms with Crippen molar-refractivity contribution < 1.29 is 14.6 Å². The lowest BCUT2D eigenvalue weighted by Crippen LogP contribution is -2.02. The molecule has 0 heterocycles. The highest BCUT2D eigenvalue weighted by Crippen LogP contribution is 2.16. The molecule has 63 valence electrons. The first kappa shape index (κ1) is 8.59. The summed E-state index contributed by atoms with van der Waals surface area (Å²) in [7, 11) is 0. The first-order valence-corrected chi connectivity index (χ1v) is 3.62. The quantitative estimate of drug-likeness (QED) is 0.739. The third-order valence-electron chi connectivity index (χ3n) is 1.36. The van der Waals surface area contributed by atoms with E-state index in [0.717, 1.165) is 0 Å². The van der Waals surface area contributed by atoms with Crippen molar-refractivity contribution in [1.82, 2.24) is 0 Å². The van der Waals surface area contributed by atoms with E-state index in [-0.39, 0.29) is 5.56 Å². The van der Waals surface area contributed by atoms with Crippen LogP contribution < -0.4 is 4.74 Å². The summed E-state index contributed by atoms with van der Waals surface area (Å²) in [4.78, 5) is 10.6. The Morgan fingerprint density at radius 3 is 3.08 bits per heavy atom. The molecule has 0 aliphatic carbocycles. The largest absolute Gasteiger partial charge is 0.493 e. The van der Waals surface area contributed by atoms with Gasteiger partial charge in [0.15, 0.2) is 0 Å². The number of carbonyl (C=O) groups is 1. The van der Waals surface area contributed by atoms with Crippen LogP contribution in [-0.4, -0.2) is 17.7 Å². The predicted molar refractivity (Wildman–Crippen MR) is 43.4 cm³/mol. The Hall–Kier alpha value is -1.51. The fourth-order valence-electron chi connectivity index (χ4n) is 0.867. The molecule has 0 aliphatic rings. The maximum absolute atomic E-state index is 10.6. The van der Waals surface area contributed by atoms with Gasteiger partial charge in [0.1, 0.15) is 11.3 Å². The Morgan fingerprint density at radius 1 is 1.75 bits per heavy atom. The van der Waals surface area contributed by atoms with Gasteiger partial charge in [0, 0.05) is 0 Å². The molecule has 0 unspecified atom stereocenters. The average molecular weight is 165 g/mol. The summed E-state index contributed by atoms with van der Waals surface area (Å²) in [6.07, 6.45) is 0. The Labute approximate surface area is 70.6 Å². The number of hydrogen-bond donors (Lipinski definition) is 1. The van der Waals surface area contributed by atoms with Crippen LogP contribution in [0.1, 0.15) is 17.3 Å². The smallest absolute Gasteiger partial charge is 0.339 e. The van der Waals surface area contributed by atoms with Crippen LogP contribution in [0.3, 0.4) is 0 Å². The SMILES string of the molecule is CCOc1c[c]ccc1C(=O)O. The van der Waals surface area contributed by atoms with E-state index >= 15 is 0 Å². The van der Waals surface area contributed by atoms with Crippen molar-refractivity contribution in [3.63, 3.8) is 0 Å². The molecule has 1 N–H and O–H groups in total. The van der Waals surface area contributed by atoms with Crippen molar-refractivity contribution in [3.05, 3.63) is 29.8 Å². The molecule has 3 nitrogen and oxygen atoms in total. The number of benzene rings is 1. The van der Waals surface area contributed by atoms with E-state index in [1.165, 1.54) is 12.1 Å². The molecule has 1 radical (unpaired) electrons. The Morgan fingerprint density at radius 2 is 2.50 bits per heavy atom. The van der Waals surface area contributed by atoms with Crippen LogP contribution >= 0.6 is 0 Å². The Kier molecular flexibility index (Phi) is 2.69. The van der Waals surface area contributed by atoms with Crippen molar-refractivity contribution in [3.8, 4) is 5.75 Å². The molecule has 0 bridgehead atoms. The predicted octanol–water partition coefficient (Wildman–Crippen LogP) is 1.58. The van der Waals surface area contributed by atoms with Gasteiger partial charge in [-0.15, -0.1) is 0 Å². The second-order valence-electron chi connectivity index (χ2n) is 2.16. The highest BCUT2D eigenvalue weighted by molar-refractivity contribution is 5.90. The van der Waals surface area contributed by atoms with E-state index in [1.54, 1.807) is 13.0 Å². The minimum absolute atomic E-state index is 0.176. The topological polar surface area (TPSA) is 46.5 Å². The average Bonchev–Trinajstić information content (AvgIpc) is 2.05. The maximum Gasteiger partial charge on any atom is 0.339 e. The number of carboxylic acid groups (broad SMARTS) is 1. The van der Waals surface area contributed by atoms with E-state index in [1.807, 2.05) is 0 Å². The molecule has 3 heteroatoms. The molecule has 0 fully saturated rings. The first-order valence-electron chi connectivity index (χ1n) is 3.62. The van der Waals surface area contributed by atoms with E-state index in [2.05, 4.69) is 6.07 Å². The lowest BCUT2D eigenvalue weighted by atomic mass is 10.2. The van der Waals surface area contributed by atoms with Gasteiger partial charge in [0.25, 0.3) is 0 Å². The van der Waals surface area contributed by atoms with Crippen LogP contribution in [-0.2, 0) is 0 Å². The molecule has 1 aromatic rings. The third kappa shape index (κ3) is 1.75. The van der Waals surface area contributed by atoms with Gasteiger partial charge in [-0.3, -0.25) is 0 Å². The minimum Gasteiger partial charge on any atom is -0.493 e. The fourth-order valence-corrected chi connectivity index (χ4v) is 0.867. The van der Waals surface area contributed by atoms with Gasteiger partial charge in [-0.25, -0.2) is 4.79 Å². The zero-order valence-corrected chi connectivity index (χ0v) is 6.70. The Bertz CT molecular complexity index is 281. The van der Waals surface area contributed by atoms with E-state index in [0.29, 0.717) is 12.4 Å². The van der Waals surface area contributed by atoms with E-state index in [9.17, 15) is 4.79 Å². The second-order valence-corrected chi connectivity index (χ2v) is 2.16. The zero-order chi connectivity index (χ0) is 8.97. The highest BCUT2D eigenvalue weighted by Gasteiger charge is 2.08. The van der Waals surface area contributed by atoms with Gasteiger partial charge in [0.2, 0.25) is 0 Å². The van der Waals surface area contributed by atoms with Gasteiger partial charge >= 0.3 is 5.97 Å². The molecule has 0 saturated heterocycles. The summed E-state index contributed by atoms with van der Waals surface area (Å²) in [6.45, 7) is 2.26. The first-order chi connectivity index (χ1) is 5.75. The van der Waals surface area contributed by atoms with Gasteiger partial charge in [-0.1, -0.05) is 6.07 Å². The number of ether oxygens (including phenoxy) is 1. The lowest BCUT2D eigenvalue weighted by molar-refractivity contribution is 0.0692. The summed E-state index contributed by atoms with van der Waals surface area (Å²) in [5.41, 5.74) is 0.176. The van der Waals surface area contributed by atoms with Crippen molar-refractivity contribution in [2.24, 2.45) is 0 Å². The highest BCUT2D eigenvalue weighted by atomic mass is 16.5. The molecule has 1 rings (SSSR count). The van der Waals surface area contributed by atoms with E-state index < -0.39 is 5.97 Å². The van der Waals surface area contributed by atoms with Crippen molar-refractivity contribution in [2.45, 2.75) is 6.92 Å². The molecule has 12 heavy (non-hydrogen) atoms. The van der Waals surface area contributed by atoms with E-state index in [4.69, 9.17) is 9.84 Å². The number of rotatable bonds is 3. The van der Waals surface area contributed by atoms with Gasteiger partial charge in [-0.2, -0.15) is 0 Å². The summed E-state index contributed by atoms with van der Waals surface area (Å²) in [5.74, 6) is -0.611. The number of hydrogen-bond acceptors (Lipinski definition) is 2. The molecule has 0 aliphatic heterocycles. The molecule has 0 amide bonds. The normalized spacial score (nSPS) is 9.42. The molecule has 0 aromatic heterocycles. The van der Waals surface area contributed by atoms with Crippen LogP contribution in [0.2, 0.25) is 0 Å². The van der Waals surface area contributed by atoms with Crippen molar-refractivity contribution in [1.29, 1.82) is 0 Å². The Balaban J connectivity index is 3.00. The third-order valence-corrected chi connectivity index (χ3v) is 1.36. The second kappa shape index (κ2) is 3.76. The van der Waals surface area contributed by atoms with Crippen LogP contribution in [0.5, 0.6) is 5.75 Å². The molecule has 0 atom stereocenters. The lowest BCUT2D eigenvalue weighted by Gasteiger charge is -2.04. The van der Waals surface area contributed by atoms with Crippen molar-refractivity contribution >= 4 is 5.97 Å². The van der Waals surface area contributed by atoms with Crippen LogP contribution in [0, 0.1) is 6.07 Å². The molecular formula is C9H9O3. The van der Waals surface area contributed by atoms with Gasteiger partial charge in [-0.05, 0) is 25.1 Å². The molecule has 0 saturated carbocycles. The maximum atomic E-state index is 10.6. The molecule has 1 aromatic carbocycles. The minimum atomic E-state index is -0.979. The van der Waals surface area contributed by atoms with Crippen molar-refractivity contribution in [2.75, 3.05) is 6.61 Å². The summed E-state index contributed by atoms with van der Waals surface area (Å²) >= 11 is 0. The molecule has 0 spiro atoms. The standard InChI is InChI=1S/C9H9O3/c1-2-12-8-6-4-3-5-7(8)9(10)11/h3,5-6H,2H2,1H3,(H,10,11). The van der Waals surface area contributed by atoms with Crippen LogP contribution in [0.4, 0.5) is 0 Å². The monoisotopic (exact) mass is 165 g/mol. The van der Waals surface area contributed by atoms with Gasteiger partial charge in [0.05, 0.1) is 6.61 Å². The van der Waals surface area contributed by atoms with Gasteiger partial charge < -0.3 is 9.84 Å². The fraction of sp³-hybridized carbons (Fsp3) is 0.222. The summed E-state index contributed by atoms with van der Waals surface area (Å²) < 4.78 is 5.09. The van der Waals surface area contributed by atoms with Crippen LogP contribution in [0.15, 0.2) is 18.2 Å². The summed E-state index contributed by atoms with van der Waals surface area (Å²) in [6, 6.07) is 7.29. The number of carboxylic acids is 1. The van der Waals surface area contributed by atoms with Crippen LogP contribution in [0.25, 0.3) is 0 Å².